The molecule has 0 radical (unpaired) electrons. The lowest BCUT2D eigenvalue weighted by atomic mass is 10.1. The van der Waals surface area contributed by atoms with Crippen LogP contribution in [0.15, 0.2) is 0 Å². The van der Waals surface area contributed by atoms with Crippen molar-refractivity contribution in [3.63, 3.8) is 0 Å². The van der Waals surface area contributed by atoms with E-state index in [1.807, 2.05) is 20.8 Å². The molecule has 6 heteroatoms. The van der Waals surface area contributed by atoms with Gasteiger partial charge < -0.3 is 19.7 Å². The molecule has 1 N–H and O–H groups in total. The van der Waals surface area contributed by atoms with Crippen molar-refractivity contribution in [2.24, 2.45) is 0 Å². The first-order chi connectivity index (χ1) is 8.28. The number of hydroxylamine groups is 2. The highest BCUT2D eigenvalue weighted by Crippen LogP contribution is 2.06. The van der Waals surface area contributed by atoms with Crippen LogP contribution in [0.5, 0.6) is 0 Å². The third-order valence-electron chi connectivity index (χ3n) is 2.13. The van der Waals surface area contributed by atoms with Crippen molar-refractivity contribution < 1.29 is 19.2 Å². The van der Waals surface area contributed by atoms with E-state index in [2.05, 4.69) is 5.32 Å². The second-order valence-electron chi connectivity index (χ2n) is 5.14. The minimum absolute atomic E-state index is 0.348. The van der Waals surface area contributed by atoms with Crippen molar-refractivity contribution in [3.05, 3.63) is 0 Å². The summed E-state index contributed by atoms with van der Waals surface area (Å²) in [7, 11) is 3.27. The molecule has 0 aliphatic rings. The molecule has 0 saturated heterocycles. The summed E-state index contributed by atoms with van der Waals surface area (Å²) in [4.78, 5) is 27.0. The van der Waals surface area contributed by atoms with E-state index in [4.69, 9.17) is 9.57 Å². The molecule has 18 heavy (non-hydrogen) atoms. The molecule has 0 fully saturated rings. The maximum Gasteiger partial charge on any atom is 0.407 e. The molecule has 0 spiro atoms. The summed E-state index contributed by atoms with van der Waals surface area (Å²) in [6.07, 6.45) is 0.787. The molecule has 0 rings (SSSR count). The summed E-state index contributed by atoms with van der Waals surface area (Å²) in [5.74, 6) is 0. The lowest BCUT2D eigenvalue weighted by molar-refractivity contribution is -0.129. The Labute approximate surface area is 109 Å². The third-order valence-corrected chi connectivity index (χ3v) is 2.13. The van der Waals surface area contributed by atoms with Crippen LogP contribution in [0.4, 0.5) is 4.79 Å². The SMILES string of the molecule is CON(C)C[C@H](CCC=O)OC(=O)NC(C)(C)C. The first kappa shape index (κ1) is 16.9. The number of likely N-dealkylation sites (N-methyl/N-ethyl adjacent to an activating group) is 1. The van der Waals surface area contributed by atoms with Crippen LogP contribution in [-0.4, -0.2) is 49.8 Å². The van der Waals surface area contributed by atoms with Gasteiger partial charge >= 0.3 is 6.09 Å². The van der Waals surface area contributed by atoms with Crippen molar-refractivity contribution in [1.82, 2.24) is 10.4 Å². The number of ether oxygens (including phenoxy) is 1. The number of aldehydes is 1. The van der Waals surface area contributed by atoms with Gasteiger partial charge in [-0.3, -0.25) is 0 Å². The fourth-order valence-electron chi connectivity index (χ4n) is 1.29. The Hall–Kier alpha value is -1.14. The normalized spacial score (nSPS) is 13.2. The Morgan fingerprint density at radius 2 is 2.06 bits per heavy atom. The highest BCUT2D eigenvalue weighted by Gasteiger charge is 2.20. The van der Waals surface area contributed by atoms with Crippen LogP contribution >= 0.6 is 0 Å². The lowest BCUT2D eigenvalue weighted by Gasteiger charge is -2.25. The zero-order valence-electron chi connectivity index (χ0n) is 11.9. The highest BCUT2D eigenvalue weighted by molar-refractivity contribution is 5.68. The molecule has 1 atom stereocenters. The first-order valence-corrected chi connectivity index (χ1v) is 5.96. The van der Waals surface area contributed by atoms with Gasteiger partial charge in [0.25, 0.3) is 0 Å². The van der Waals surface area contributed by atoms with Gasteiger partial charge in [0.15, 0.2) is 0 Å². The van der Waals surface area contributed by atoms with Crippen LogP contribution in [0.1, 0.15) is 33.6 Å². The summed E-state index contributed by atoms with van der Waals surface area (Å²) >= 11 is 0. The van der Waals surface area contributed by atoms with Gasteiger partial charge in [-0.2, -0.15) is 5.06 Å². The van der Waals surface area contributed by atoms with Gasteiger partial charge in [0.05, 0.1) is 13.7 Å². The molecule has 0 aromatic carbocycles. The Morgan fingerprint density at radius 3 is 2.50 bits per heavy atom. The number of amides is 1. The Morgan fingerprint density at radius 1 is 1.44 bits per heavy atom. The molecule has 0 bridgehead atoms. The zero-order valence-corrected chi connectivity index (χ0v) is 11.9. The van der Waals surface area contributed by atoms with E-state index in [9.17, 15) is 9.59 Å². The van der Waals surface area contributed by atoms with Crippen molar-refractivity contribution in [3.8, 4) is 0 Å². The van der Waals surface area contributed by atoms with E-state index in [-0.39, 0.29) is 11.6 Å². The van der Waals surface area contributed by atoms with Gasteiger partial charge in [0, 0.05) is 19.0 Å². The maximum atomic E-state index is 11.6. The topological polar surface area (TPSA) is 67.9 Å². The van der Waals surface area contributed by atoms with Gasteiger partial charge in [-0.1, -0.05) is 0 Å². The van der Waals surface area contributed by atoms with E-state index in [1.165, 1.54) is 7.11 Å². The standard InChI is InChI=1S/C12H24N2O4/c1-12(2,3)13-11(16)18-10(7-6-8-15)9-14(4)17-5/h8,10H,6-7,9H2,1-5H3,(H,13,16)/t10-/m0/s1. The van der Waals surface area contributed by atoms with Crippen molar-refractivity contribution in [1.29, 1.82) is 0 Å². The van der Waals surface area contributed by atoms with E-state index in [1.54, 1.807) is 12.1 Å². The third kappa shape index (κ3) is 8.95. The summed E-state index contributed by atoms with van der Waals surface area (Å²) in [5, 5.41) is 4.26. The summed E-state index contributed by atoms with van der Waals surface area (Å²) in [6.45, 7) is 6.03. The average molecular weight is 260 g/mol. The number of alkyl carbamates (subject to hydrolysis) is 1. The number of nitrogens with zero attached hydrogens (tertiary/aromatic N) is 1. The van der Waals surface area contributed by atoms with Gasteiger partial charge in [-0.15, -0.1) is 0 Å². The minimum Gasteiger partial charge on any atom is -0.445 e. The first-order valence-electron chi connectivity index (χ1n) is 5.96. The second-order valence-corrected chi connectivity index (χ2v) is 5.14. The molecule has 0 aromatic heterocycles. The van der Waals surface area contributed by atoms with Crippen LogP contribution in [0.3, 0.4) is 0 Å². The molecule has 0 heterocycles. The van der Waals surface area contributed by atoms with E-state index < -0.39 is 6.09 Å². The number of carbonyl (C=O) groups is 2. The summed E-state index contributed by atoms with van der Waals surface area (Å²) in [5.41, 5.74) is -0.348. The molecule has 106 valence electrons. The number of hydrogen-bond acceptors (Lipinski definition) is 5. The molecule has 0 aliphatic heterocycles. The molecule has 0 aromatic rings. The molecular weight excluding hydrogens is 236 g/mol. The van der Waals surface area contributed by atoms with Gasteiger partial charge in [-0.25, -0.2) is 4.79 Å². The second kappa shape index (κ2) is 8.05. The van der Waals surface area contributed by atoms with Crippen LogP contribution in [0.25, 0.3) is 0 Å². The predicted octanol–water partition coefficient (Wildman–Crippen LogP) is 1.35. The Kier molecular flexibility index (Phi) is 7.54. The predicted molar refractivity (Wildman–Crippen MR) is 68.1 cm³/mol. The molecular formula is C12H24N2O4. The lowest BCUT2D eigenvalue weighted by Crippen LogP contribution is -2.43. The molecule has 0 saturated carbocycles. The Bertz CT molecular complexity index is 263. The quantitative estimate of drug-likeness (QED) is 0.553. The summed E-state index contributed by atoms with van der Waals surface area (Å²) in [6, 6.07) is 0. The largest absolute Gasteiger partial charge is 0.445 e. The number of nitrogens with one attached hydrogen (secondary N) is 1. The Balaban J connectivity index is 4.29. The number of hydrogen-bond donors (Lipinski definition) is 1. The fraction of sp³-hybridized carbons (Fsp3) is 0.833. The molecule has 6 nitrogen and oxygen atoms in total. The van der Waals surface area contributed by atoms with Crippen LogP contribution < -0.4 is 5.32 Å². The zero-order chi connectivity index (χ0) is 14.2. The van der Waals surface area contributed by atoms with E-state index in [0.717, 1.165) is 6.29 Å². The number of carbonyl (C=O) groups excluding carboxylic acids is 2. The van der Waals surface area contributed by atoms with Crippen LogP contribution in [-0.2, 0) is 14.4 Å². The van der Waals surface area contributed by atoms with Gasteiger partial charge in [0.2, 0.25) is 0 Å². The van der Waals surface area contributed by atoms with Crippen molar-refractivity contribution in [2.75, 3.05) is 20.7 Å². The van der Waals surface area contributed by atoms with Crippen molar-refractivity contribution >= 4 is 12.4 Å². The monoisotopic (exact) mass is 260 g/mol. The summed E-state index contributed by atoms with van der Waals surface area (Å²) < 4.78 is 5.27. The van der Waals surface area contributed by atoms with E-state index >= 15 is 0 Å². The fourth-order valence-corrected chi connectivity index (χ4v) is 1.29. The average Bonchev–Trinajstić information content (AvgIpc) is 2.22. The minimum atomic E-state index is -0.483. The van der Waals surface area contributed by atoms with Crippen molar-refractivity contribution in [2.45, 2.75) is 45.3 Å². The van der Waals surface area contributed by atoms with Gasteiger partial charge in [-0.05, 0) is 27.2 Å². The molecule has 1 amide bonds. The maximum absolute atomic E-state index is 11.6. The van der Waals surface area contributed by atoms with Crippen LogP contribution in [0.2, 0.25) is 0 Å². The smallest absolute Gasteiger partial charge is 0.407 e. The van der Waals surface area contributed by atoms with E-state index in [0.29, 0.717) is 19.4 Å². The number of rotatable bonds is 7. The molecule has 0 unspecified atom stereocenters. The van der Waals surface area contributed by atoms with Gasteiger partial charge in [0.1, 0.15) is 12.4 Å². The highest BCUT2D eigenvalue weighted by atomic mass is 16.7. The van der Waals surface area contributed by atoms with Crippen LogP contribution in [0, 0.1) is 0 Å². The molecule has 0 aliphatic carbocycles.